The van der Waals surface area contributed by atoms with Gasteiger partial charge < -0.3 is 14.0 Å². The summed E-state index contributed by atoms with van der Waals surface area (Å²) < 4.78 is 13.3. The first kappa shape index (κ1) is 28.6. The Labute approximate surface area is 202 Å². The van der Waals surface area contributed by atoms with Crippen molar-refractivity contribution in [3.05, 3.63) is 60.5 Å². The zero-order chi connectivity index (χ0) is 26.1. The molecule has 184 valence electrons. The number of nitrogens with zero attached hydrogens (tertiary/aromatic N) is 2. The van der Waals surface area contributed by atoms with Crippen LogP contribution in [0.15, 0.2) is 49.2 Å². The molecular formula is C27H36N2O5. The number of pyridine rings is 1. The topological polar surface area (TPSA) is 87.5 Å². The maximum Gasteiger partial charge on any atom is 0.347 e. The predicted molar refractivity (Wildman–Crippen MR) is 135 cm³/mol. The minimum absolute atomic E-state index is 0.0968. The standard InChI is InChI=1S/C25H30N2O5.C2H6/c1-8-10-11-16(3)14-27-17(4)21(19(29)15-28)22-18(27)12-13-26-23(22)31-20(9-2)24(30)32-25(5,6)7;1-2/h8,10-13,15,20H,1,3,9,14H2,2,4-7H3;1-2H3/b11-10-;. The molecular weight excluding hydrogens is 432 g/mol. The normalized spacial score (nSPS) is 12.0. The van der Waals surface area contributed by atoms with Gasteiger partial charge in [0.05, 0.1) is 16.5 Å². The number of Topliss-reactive ketones (excluding diaryl/α,β-unsaturated/α-hetero) is 1. The largest absolute Gasteiger partial charge is 0.462 e. The molecule has 0 fully saturated rings. The summed E-state index contributed by atoms with van der Waals surface area (Å²) in [6.07, 6.45) is 6.45. The van der Waals surface area contributed by atoms with Crippen LogP contribution < -0.4 is 4.74 Å². The summed E-state index contributed by atoms with van der Waals surface area (Å²) in [4.78, 5) is 40.8. The lowest BCUT2D eigenvalue weighted by Crippen LogP contribution is -2.35. The fourth-order valence-corrected chi connectivity index (χ4v) is 3.30. The first-order valence-corrected chi connectivity index (χ1v) is 11.4. The highest BCUT2D eigenvalue weighted by molar-refractivity contribution is 6.37. The van der Waals surface area contributed by atoms with Gasteiger partial charge in [-0.25, -0.2) is 9.78 Å². The van der Waals surface area contributed by atoms with Crippen molar-refractivity contribution in [1.29, 1.82) is 0 Å². The van der Waals surface area contributed by atoms with E-state index < -0.39 is 23.5 Å². The summed E-state index contributed by atoms with van der Waals surface area (Å²) in [5.74, 6) is -1.12. The molecule has 2 aromatic rings. The monoisotopic (exact) mass is 468 g/mol. The van der Waals surface area contributed by atoms with Crippen molar-refractivity contribution in [3.63, 3.8) is 0 Å². The van der Waals surface area contributed by atoms with Crippen LogP contribution in [0.3, 0.4) is 0 Å². The average molecular weight is 469 g/mol. The Kier molecular flexibility index (Phi) is 10.6. The fraction of sp³-hybridized carbons (Fsp3) is 0.407. The Bertz CT molecular complexity index is 1090. The molecule has 0 aliphatic rings. The zero-order valence-corrected chi connectivity index (χ0v) is 21.3. The molecule has 2 rings (SSSR count). The highest BCUT2D eigenvalue weighted by Crippen LogP contribution is 2.33. The van der Waals surface area contributed by atoms with E-state index in [0.29, 0.717) is 29.6 Å². The molecule has 7 heteroatoms. The van der Waals surface area contributed by atoms with Crippen LogP contribution in [0.1, 0.15) is 64.0 Å². The molecule has 0 spiro atoms. The number of ether oxygens (including phenoxy) is 2. The van der Waals surface area contributed by atoms with Gasteiger partial charge in [-0.05, 0) is 45.8 Å². The average Bonchev–Trinajstić information content (AvgIpc) is 3.07. The SMILES string of the molecule is C=C/C=C\C(=C)Cn1c(C)c(C(=O)C=O)c2c(OC(CC)C(=O)OC(C)(C)C)nccc21.CC. The van der Waals surface area contributed by atoms with Gasteiger partial charge in [-0.3, -0.25) is 9.59 Å². The number of rotatable bonds is 10. The Hall–Kier alpha value is -3.48. The van der Waals surface area contributed by atoms with Crippen molar-refractivity contribution in [2.75, 3.05) is 0 Å². The number of allylic oxidation sites excluding steroid dienone is 4. The van der Waals surface area contributed by atoms with Crippen molar-refractivity contribution >= 4 is 28.9 Å². The molecule has 2 heterocycles. The zero-order valence-electron chi connectivity index (χ0n) is 21.3. The number of aldehydes is 1. The number of esters is 1. The van der Waals surface area contributed by atoms with E-state index in [1.54, 1.807) is 52.8 Å². The molecule has 0 saturated heterocycles. The van der Waals surface area contributed by atoms with Crippen LogP contribution in [0.25, 0.3) is 10.9 Å². The maximum atomic E-state index is 12.6. The van der Waals surface area contributed by atoms with Crippen LogP contribution in [-0.4, -0.2) is 39.3 Å². The summed E-state index contributed by atoms with van der Waals surface area (Å²) in [5.41, 5.74) is 1.51. The number of carbonyl (C=O) groups excluding carboxylic acids is 3. The highest BCUT2D eigenvalue weighted by atomic mass is 16.6. The van der Waals surface area contributed by atoms with E-state index in [-0.39, 0.29) is 17.7 Å². The van der Waals surface area contributed by atoms with Gasteiger partial charge in [0.15, 0.2) is 12.4 Å². The maximum absolute atomic E-state index is 12.6. The van der Waals surface area contributed by atoms with Crippen molar-refractivity contribution in [3.8, 4) is 5.88 Å². The minimum atomic E-state index is -0.916. The molecule has 0 aliphatic heterocycles. The molecule has 7 nitrogen and oxygen atoms in total. The van der Waals surface area contributed by atoms with E-state index in [1.807, 2.05) is 24.5 Å². The molecule has 0 saturated carbocycles. The van der Waals surface area contributed by atoms with Gasteiger partial charge in [0, 0.05) is 18.4 Å². The summed E-state index contributed by atoms with van der Waals surface area (Å²) >= 11 is 0. The van der Waals surface area contributed by atoms with Crippen molar-refractivity contribution in [2.45, 2.75) is 73.1 Å². The van der Waals surface area contributed by atoms with Crippen molar-refractivity contribution in [2.24, 2.45) is 0 Å². The molecule has 0 amide bonds. The van der Waals surface area contributed by atoms with Crippen LogP contribution in [0.4, 0.5) is 0 Å². The van der Waals surface area contributed by atoms with Gasteiger partial charge in [-0.1, -0.05) is 52.2 Å². The fourth-order valence-electron chi connectivity index (χ4n) is 3.30. The van der Waals surface area contributed by atoms with Gasteiger partial charge in [-0.2, -0.15) is 0 Å². The quantitative estimate of drug-likeness (QED) is 0.149. The van der Waals surface area contributed by atoms with Crippen LogP contribution in [0.5, 0.6) is 5.88 Å². The van der Waals surface area contributed by atoms with Crippen LogP contribution in [0.2, 0.25) is 0 Å². The third-order valence-corrected chi connectivity index (χ3v) is 4.68. The number of hydrogen-bond acceptors (Lipinski definition) is 6. The molecule has 0 aromatic carbocycles. The molecule has 0 bridgehead atoms. The second kappa shape index (κ2) is 12.7. The highest BCUT2D eigenvalue weighted by Gasteiger charge is 2.29. The molecule has 0 aliphatic carbocycles. The lowest BCUT2D eigenvalue weighted by atomic mass is 10.1. The Morgan fingerprint density at radius 2 is 1.91 bits per heavy atom. The molecule has 0 N–H and O–H groups in total. The summed E-state index contributed by atoms with van der Waals surface area (Å²) in [7, 11) is 0. The lowest BCUT2D eigenvalue weighted by molar-refractivity contribution is -0.163. The Morgan fingerprint density at radius 1 is 1.26 bits per heavy atom. The second-order valence-corrected chi connectivity index (χ2v) is 8.34. The van der Waals surface area contributed by atoms with E-state index >= 15 is 0 Å². The minimum Gasteiger partial charge on any atom is -0.462 e. The number of fused-ring (bicyclic) bond motifs is 1. The smallest absolute Gasteiger partial charge is 0.347 e. The van der Waals surface area contributed by atoms with Crippen LogP contribution >= 0.6 is 0 Å². The van der Waals surface area contributed by atoms with Crippen LogP contribution in [0, 0.1) is 6.92 Å². The third kappa shape index (κ3) is 7.01. The first-order valence-electron chi connectivity index (χ1n) is 11.4. The van der Waals surface area contributed by atoms with E-state index in [2.05, 4.69) is 18.1 Å². The van der Waals surface area contributed by atoms with E-state index in [0.717, 1.165) is 5.57 Å². The van der Waals surface area contributed by atoms with E-state index in [1.165, 1.54) is 6.20 Å². The van der Waals surface area contributed by atoms with Gasteiger partial charge in [-0.15, -0.1) is 0 Å². The molecule has 34 heavy (non-hydrogen) atoms. The number of hydrogen-bond donors (Lipinski definition) is 0. The lowest BCUT2D eigenvalue weighted by Gasteiger charge is -2.23. The second-order valence-electron chi connectivity index (χ2n) is 8.34. The number of carbonyl (C=O) groups is 3. The van der Waals surface area contributed by atoms with E-state index in [9.17, 15) is 14.4 Å². The van der Waals surface area contributed by atoms with Gasteiger partial charge in [0.2, 0.25) is 11.7 Å². The van der Waals surface area contributed by atoms with Crippen molar-refractivity contribution in [1.82, 2.24) is 9.55 Å². The third-order valence-electron chi connectivity index (χ3n) is 4.68. The van der Waals surface area contributed by atoms with Crippen molar-refractivity contribution < 1.29 is 23.9 Å². The Morgan fingerprint density at radius 3 is 2.44 bits per heavy atom. The number of ketones is 1. The van der Waals surface area contributed by atoms with Gasteiger partial charge >= 0.3 is 5.97 Å². The summed E-state index contributed by atoms with van der Waals surface area (Å²) in [5, 5.41) is 0.379. The molecule has 2 aromatic heterocycles. The molecule has 1 atom stereocenters. The van der Waals surface area contributed by atoms with E-state index in [4.69, 9.17) is 9.47 Å². The number of aromatic nitrogens is 2. The summed E-state index contributed by atoms with van der Waals surface area (Å²) in [6, 6.07) is 1.73. The van der Waals surface area contributed by atoms with Gasteiger partial charge in [0.1, 0.15) is 5.60 Å². The Balaban J connectivity index is 0.00000281. The summed E-state index contributed by atoms with van der Waals surface area (Å²) in [6.45, 7) is 20.9. The molecule has 0 radical (unpaired) electrons. The molecule has 1 unspecified atom stereocenters. The van der Waals surface area contributed by atoms with Gasteiger partial charge in [0.25, 0.3) is 0 Å². The first-order chi connectivity index (χ1) is 16.0. The predicted octanol–water partition coefficient (Wildman–Crippen LogP) is 5.55. The van der Waals surface area contributed by atoms with Crippen LogP contribution in [-0.2, 0) is 20.9 Å².